The van der Waals surface area contributed by atoms with Crippen molar-refractivity contribution in [3.05, 3.63) is 71.5 Å². The molecule has 0 aliphatic carbocycles. The summed E-state index contributed by atoms with van der Waals surface area (Å²) in [5.41, 5.74) is 9.96. The van der Waals surface area contributed by atoms with Crippen molar-refractivity contribution in [2.45, 2.75) is 19.8 Å². The quantitative estimate of drug-likeness (QED) is 0.756. The van der Waals surface area contributed by atoms with Crippen LogP contribution in [-0.2, 0) is 11.2 Å². The third kappa shape index (κ3) is 3.11. The molecule has 130 valence electrons. The Morgan fingerprint density at radius 1 is 1.27 bits per heavy atom. The number of hydrogen-bond acceptors (Lipinski definition) is 5. The van der Waals surface area contributed by atoms with Crippen molar-refractivity contribution in [3.8, 4) is 10.4 Å². The maximum absolute atomic E-state index is 11.8. The lowest BCUT2D eigenvalue weighted by Gasteiger charge is -2.09. The number of benzene rings is 1. The zero-order chi connectivity index (χ0) is 18.1. The maximum Gasteiger partial charge on any atom is 0.270 e. The first kappa shape index (κ1) is 16.5. The van der Waals surface area contributed by atoms with Gasteiger partial charge in [0, 0.05) is 16.7 Å². The van der Waals surface area contributed by atoms with E-state index in [1.54, 1.807) is 12.5 Å². The number of ether oxygens (including phenoxy) is 1. The summed E-state index contributed by atoms with van der Waals surface area (Å²) in [5, 5.41) is 9.29. The molecule has 2 N–H and O–H groups in total. The monoisotopic (exact) mass is 363 g/mol. The average molecular weight is 363 g/mol. The summed E-state index contributed by atoms with van der Waals surface area (Å²) in [4.78, 5) is 12.9. The van der Waals surface area contributed by atoms with Crippen LogP contribution in [0.5, 0.6) is 0 Å². The van der Waals surface area contributed by atoms with Crippen LogP contribution < -0.4 is 5.73 Å². The Balaban J connectivity index is 1.82. The lowest BCUT2D eigenvalue weighted by atomic mass is 10.0. The van der Waals surface area contributed by atoms with Gasteiger partial charge >= 0.3 is 0 Å². The van der Waals surface area contributed by atoms with E-state index in [1.807, 2.05) is 6.08 Å². The van der Waals surface area contributed by atoms with Crippen LogP contribution >= 0.6 is 11.3 Å². The number of fused-ring (bicyclic) bond motifs is 1. The van der Waals surface area contributed by atoms with Crippen molar-refractivity contribution in [3.63, 3.8) is 0 Å². The molecule has 1 aliphatic heterocycles. The van der Waals surface area contributed by atoms with Crippen LogP contribution in [0.4, 0.5) is 0 Å². The highest BCUT2D eigenvalue weighted by molar-refractivity contribution is 7.22. The first-order valence-electron chi connectivity index (χ1n) is 8.26. The second kappa shape index (κ2) is 6.72. The molecule has 3 aromatic rings. The fourth-order valence-corrected chi connectivity index (χ4v) is 4.09. The van der Waals surface area contributed by atoms with Gasteiger partial charge in [-0.2, -0.15) is 5.10 Å². The fraction of sp³-hybridized carbons (Fsp3) is 0.150. The average Bonchev–Trinajstić information content (AvgIpc) is 3.09. The summed E-state index contributed by atoms with van der Waals surface area (Å²) in [5.74, 6) is -0.561. The van der Waals surface area contributed by atoms with Gasteiger partial charge in [0.05, 0.1) is 22.9 Å². The molecule has 1 aromatic carbocycles. The van der Waals surface area contributed by atoms with Crippen LogP contribution in [0.1, 0.15) is 28.2 Å². The van der Waals surface area contributed by atoms with Gasteiger partial charge in [-0.05, 0) is 36.6 Å². The van der Waals surface area contributed by atoms with Gasteiger partial charge in [0.1, 0.15) is 0 Å². The minimum absolute atomic E-state index is 0.223. The number of primary amides is 1. The van der Waals surface area contributed by atoms with Crippen LogP contribution in [0.2, 0.25) is 0 Å². The predicted octanol–water partition coefficient (Wildman–Crippen LogP) is 4.13. The van der Waals surface area contributed by atoms with E-state index in [9.17, 15) is 4.79 Å². The molecule has 3 heterocycles. The Hall–Kier alpha value is -2.99. The van der Waals surface area contributed by atoms with Crippen molar-refractivity contribution in [1.82, 2.24) is 10.2 Å². The number of aromatic nitrogens is 2. The van der Waals surface area contributed by atoms with Crippen molar-refractivity contribution < 1.29 is 9.53 Å². The lowest BCUT2D eigenvalue weighted by Crippen LogP contribution is -2.15. The predicted molar refractivity (Wildman–Crippen MR) is 103 cm³/mol. The van der Waals surface area contributed by atoms with E-state index in [0.29, 0.717) is 6.42 Å². The molecule has 0 atom stereocenters. The Bertz CT molecular complexity index is 1050. The van der Waals surface area contributed by atoms with Crippen molar-refractivity contribution >= 4 is 27.3 Å². The number of allylic oxidation sites excluding steroid dienone is 2. The minimum atomic E-state index is -0.561. The van der Waals surface area contributed by atoms with E-state index in [-0.39, 0.29) is 5.69 Å². The first-order chi connectivity index (χ1) is 12.6. The highest BCUT2D eigenvalue weighted by atomic mass is 32.1. The normalized spacial score (nSPS) is 13.5. The maximum atomic E-state index is 11.8. The minimum Gasteiger partial charge on any atom is -0.473 e. The van der Waals surface area contributed by atoms with Gasteiger partial charge in [0.15, 0.2) is 5.69 Å². The topological polar surface area (TPSA) is 78.1 Å². The highest BCUT2D eigenvalue weighted by Crippen LogP contribution is 2.36. The van der Waals surface area contributed by atoms with Crippen molar-refractivity contribution in [2.75, 3.05) is 0 Å². The van der Waals surface area contributed by atoms with Gasteiger partial charge in [-0.15, -0.1) is 16.4 Å². The molecule has 6 heteroatoms. The van der Waals surface area contributed by atoms with E-state index in [2.05, 4.69) is 47.5 Å². The fourth-order valence-electron chi connectivity index (χ4n) is 2.91. The van der Waals surface area contributed by atoms with E-state index in [0.717, 1.165) is 38.2 Å². The molecule has 0 unspecified atom stereocenters. The van der Waals surface area contributed by atoms with Crippen LogP contribution in [0, 0.1) is 6.92 Å². The van der Waals surface area contributed by atoms with Crippen LogP contribution in [0.3, 0.4) is 0 Å². The summed E-state index contributed by atoms with van der Waals surface area (Å²) in [7, 11) is 0. The molecule has 4 rings (SSSR count). The molecule has 2 aromatic heterocycles. The van der Waals surface area contributed by atoms with Gasteiger partial charge in [0.2, 0.25) is 0 Å². The summed E-state index contributed by atoms with van der Waals surface area (Å²) in [6.45, 7) is 2.06. The van der Waals surface area contributed by atoms with Gasteiger partial charge < -0.3 is 10.5 Å². The number of nitrogens with zero attached hydrogens (tertiary/aromatic N) is 2. The Morgan fingerprint density at radius 3 is 2.77 bits per heavy atom. The Labute approximate surface area is 154 Å². The summed E-state index contributed by atoms with van der Waals surface area (Å²) < 4.78 is 6.04. The molecular weight excluding hydrogens is 346 g/mol. The zero-order valence-corrected chi connectivity index (χ0v) is 15.0. The van der Waals surface area contributed by atoms with E-state index < -0.39 is 5.91 Å². The van der Waals surface area contributed by atoms with Gasteiger partial charge in [-0.25, -0.2) is 0 Å². The molecule has 0 saturated heterocycles. The smallest absolute Gasteiger partial charge is 0.270 e. The molecule has 5 nitrogen and oxygen atoms in total. The Kier molecular flexibility index (Phi) is 4.26. The number of carbonyl (C=O) groups excluding carboxylic acids is 1. The van der Waals surface area contributed by atoms with Gasteiger partial charge in [0.25, 0.3) is 5.91 Å². The molecular formula is C20H17N3O2S. The molecule has 0 spiro atoms. The van der Waals surface area contributed by atoms with E-state index >= 15 is 0 Å². The summed E-state index contributed by atoms with van der Waals surface area (Å²) in [6, 6.07) is 10.4. The number of thiophene rings is 1. The molecule has 0 bridgehead atoms. The van der Waals surface area contributed by atoms with Crippen molar-refractivity contribution in [2.24, 2.45) is 5.73 Å². The number of aryl methyl sites for hydroxylation is 1. The third-order valence-electron chi connectivity index (χ3n) is 4.28. The first-order valence-corrected chi connectivity index (χ1v) is 9.08. The number of amides is 1. The molecule has 0 fully saturated rings. The molecule has 1 amide bonds. The second-order valence-electron chi connectivity index (χ2n) is 6.24. The SMILES string of the molecule is Cc1ccc(-c2cc3c(CC4=COC=CC4)nnc(C(N)=O)c3s2)cc1. The lowest BCUT2D eigenvalue weighted by molar-refractivity contribution is 0.0996. The molecule has 0 saturated carbocycles. The number of rotatable bonds is 4. The summed E-state index contributed by atoms with van der Waals surface area (Å²) >= 11 is 1.52. The molecule has 0 radical (unpaired) electrons. The highest BCUT2D eigenvalue weighted by Gasteiger charge is 2.18. The molecule has 26 heavy (non-hydrogen) atoms. The van der Waals surface area contributed by atoms with Crippen molar-refractivity contribution in [1.29, 1.82) is 0 Å². The van der Waals surface area contributed by atoms with E-state index in [1.165, 1.54) is 16.9 Å². The molecule has 1 aliphatic rings. The largest absolute Gasteiger partial charge is 0.473 e. The van der Waals surface area contributed by atoms with Crippen LogP contribution in [0.25, 0.3) is 20.5 Å². The summed E-state index contributed by atoms with van der Waals surface area (Å²) in [6.07, 6.45) is 6.81. The Morgan fingerprint density at radius 2 is 2.08 bits per heavy atom. The second-order valence-corrected chi connectivity index (χ2v) is 7.30. The van der Waals surface area contributed by atoms with Gasteiger partial charge in [-0.3, -0.25) is 4.79 Å². The van der Waals surface area contributed by atoms with Crippen LogP contribution in [-0.4, -0.2) is 16.1 Å². The van der Waals surface area contributed by atoms with Gasteiger partial charge in [-0.1, -0.05) is 29.8 Å². The number of nitrogens with two attached hydrogens (primary N) is 1. The van der Waals surface area contributed by atoms with E-state index in [4.69, 9.17) is 10.5 Å². The number of carbonyl (C=O) groups is 1. The third-order valence-corrected chi connectivity index (χ3v) is 5.47. The van der Waals surface area contributed by atoms with Crippen LogP contribution in [0.15, 0.2) is 54.5 Å². The zero-order valence-electron chi connectivity index (χ0n) is 14.2. The number of hydrogen-bond donors (Lipinski definition) is 1. The standard InChI is InChI=1S/C20H17N3O2S/c1-12-4-6-14(7-5-12)17-10-15-16(9-13-3-2-8-25-11-13)22-23-18(20(21)24)19(15)26-17/h2,4-8,10-11H,3,9H2,1H3,(H2,21,24).